The maximum Gasteiger partial charge on any atom is 0.0766 e. The van der Waals surface area contributed by atoms with Crippen molar-refractivity contribution < 1.29 is 0 Å². The number of aromatic nitrogens is 2. The van der Waals surface area contributed by atoms with Gasteiger partial charge in [-0.25, -0.2) is 4.68 Å². The second kappa shape index (κ2) is 5.17. The molecule has 3 rings (SSSR count). The van der Waals surface area contributed by atoms with E-state index in [1.54, 1.807) is 0 Å². The lowest BCUT2D eigenvalue weighted by molar-refractivity contribution is 0.156. The Bertz CT molecular complexity index is 526. The Hall–Kier alpha value is -1.61. The summed E-state index contributed by atoms with van der Waals surface area (Å²) in [5, 5.41) is 8.13. The van der Waals surface area contributed by atoms with Crippen LogP contribution in [0.4, 0.5) is 0 Å². The smallest absolute Gasteiger partial charge is 0.0766 e. The fourth-order valence-corrected chi connectivity index (χ4v) is 2.63. The molecular formula is C16H21N3. The zero-order valence-electron chi connectivity index (χ0n) is 11.5. The van der Waals surface area contributed by atoms with Crippen molar-refractivity contribution in [1.82, 2.24) is 15.1 Å². The van der Waals surface area contributed by atoms with Gasteiger partial charge >= 0.3 is 0 Å². The van der Waals surface area contributed by atoms with Crippen molar-refractivity contribution in [2.24, 2.45) is 5.41 Å². The number of para-hydroxylation sites is 1. The second-order valence-electron chi connectivity index (χ2n) is 5.85. The van der Waals surface area contributed by atoms with Gasteiger partial charge < -0.3 is 5.32 Å². The molecule has 0 spiro atoms. The molecule has 3 heteroatoms. The van der Waals surface area contributed by atoms with Gasteiger partial charge in [0.1, 0.15) is 0 Å². The van der Waals surface area contributed by atoms with Gasteiger partial charge in [0, 0.05) is 19.3 Å². The third-order valence-electron chi connectivity index (χ3n) is 4.08. The molecule has 0 atom stereocenters. The van der Waals surface area contributed by atoms with E-state index in [2.05, 4.69) is 35.5 Å². The third kappa shape index (κ3) is 2.87. The highest BCUT2D eigenvalue weighted by Gasteiger charge is 2.30. The lowest BCUT2D eigenvalue weighted by atomic mass is 9.70. The van der Waals surface area contributed by atoms with Crippen molar-refractivity contribution in [3.05, 3.63) is 48.3 Å². The Balaban J connectivity index is 1.56. The first-order valence-corrected chi connectivity index (χ1v) is 7.06. The van der Waals surface area contributed by atoms with Gasteiger partial charge in [-0.2, -0.15) is 5.10 Å². The van der Waals surface area contributed by atoms with Gasteiger partial charge in [-0.05, 0) is 36.5 Å². The molecule has 1 heterocycles. The van der Waals surface area contributed by atoms with E-state index >= 15 is 0 Å². The normalized spacial score (nSPS) is 17.1. The summed E-state index contributed by atoms with van der Waals surface area (Å²) in [6.07, 6.45) is 6.13. The molecule has 1 saturated carbocycles. The third-order valence-corrected chi connectivity index (χ3v) is 4.08. The maximum absolute atomic E-state index is 4.60. The van der Waals surface area contributed by atoms with E-state index in [-0.39, 0.29) is 0 Å². The van der Waals surface area contributed by atoms with Crippen LogP contribution in [0.5, 0.6) is 0 Å². The van der Waals surface area contributed by atoms with Gasteiger partial charge in [0.05, 0.1) is 11.4 Å². The number of nitrogens with one attached hydrogen (secondary N) is 1. The molecule has 0 unspecified atom stereocenters. The molecule has 1 fully saturated rings. The molecule has 100 valence electrons. The van der Waals surface area contributed by atoms with Gasteiger partial charge in [0.15, 0.2) is 0 Å². The molecule has 19 heavy (non-hydrogen) atoms. The Morgan fingerprint density at radius 3 is 2.68 bits per heavy atom. The molecule has 1 aliphatic rings. The van der Waals surface area contributed by atoms with Gasteiger partial charge in [0.2, 0.25) is 0 Å². The molecule has 0 bridgehead atoms. The molecule has 2 aromatic rings. The number of benzene rings is 1. The van der Waals surface area contributed by atoms with Crippen LogP contribution in [-0.4, -0.2) is 16.3 Å². The molecule has 0 amide bonds. The summed E-state index contributed by atoms with van der Waals surface area (Å²) in [7, 11) is 0. The number of rotatable bonds is 5. The van der Waals surface area contributed by atoms with Crippen molar-refractivity contribution in [1.29, 1.82) is 0 Å². The fraction of sp³-hybridized carbons (Fsp3) is 0.438. The summed E-state index contributed by atoms with van der Waals surface area (Å²) < 4.78 is 1.93. The van der Waals surface area contributed by atoms with E-state index in [1.807, 2.05) is 29.1 Å². The van der Waals surface area contributed by atoms with Crippen LogP contribution < -0.4 is 5.32 Å². The van der Waals surface area contributed by atoms with E-state index in [0.29, 0.717) is 5.41 Å². The quantitative estimate of drug-likeness (QED) is 0.889. The predicted octanol–water partition coefficient (Wildman–Crippen LogP) is 3.15. The fourth-order valence-electron chi connectivity index (χ4n) is 2.63. The topological polar surface area (TPSA) is 29.9 Å². The SMILES string of the molecule is CC1(CNCc2ccn(-c3ccccc3)n2)CCC1. The van der Waals surface area contributed by atoms with Gasteiger partial charge in [-0.1, -0.05) is 31.5 Å². The Morgan fingerprint density at radius 1 is 1.21 bits per heavy atom. The zero-order valence-corrected chi connectivity index (χ0v) is 11.5. The summed E-state index contributed by atoms with van der Waals surface area (Å²) in [6.45, 7) is 4.33. The predicted molar refractivity (Wildman–Crippen MR) is 77.2 cm³/mol. The number of hydrogen-bond acceptors (Lipinski definition) is 2. The van der Waals surface area contributed by atoms with Crippen LogP contribution in [0.25, 0.3) is 5.69 Å². The van der Waals surface area contributed by atoms with Crippen LogP contribution in [0.1, 0.15) is 31.9 Å². The first-order valence-electron chi connectivity index (χ1n) is 7.06. The van der Waals surface area contributed by atoms with E-state index in [9.17, 15) is 0 Å². The minimum Gasteiger partial charge on any atom is -0.311 e. The molecule has 1 N–H and O–H groups in total. The summed E-state index contributed by atoms with van der Waals surface area (Å²) in [5.41, 5.74) is 2.74. The lowest BCUT2D eigenvalue weighted by Crippen LogP contribution is -2.37. The minimum atomic E-state index is 0.530. The molecule has 0 saturated heterocycles. The Labute approximate surface area is 114 Å². The standard InChI is InChI=1S/C16H21N3/c1-16(9-5-10-16)13-17-12-14-8-11-19(18-14)15-6-3-2-4-7-15/h2-4,6-8,11,17H,5,9-10,12-13H2,1H3. The van der Waals surface area contributed by atoms with E-state index in [1.165, 1.54) is 19.3 Å². The Kier molecular flexibility index (Phi) is 3.38. The van der Waals surface area contributed by atoms with Crippen LogP contribution in [0.3, 0.4) is 0 Å². The monoisotopic (exact) mass is 255 g/mol. The molecule has 3 nitrogen and oxygen atoms in total. The van der Waals surface area contributed by atoms with Crippen molar-refractivity contribution >= 4 is 0 Å². The molecular weight excluding hydrogens is 234 g/mol. The van der Waals surface area contributed by atoms with Gasteiger partial charge in [-0.3, -0.25) is 0 Å². The highest BCUT2D eigenvalue weighted by molar-refractivity contribution is 5.30. The lowest BCUT2D eigenvalue weighted by Gasteiger charge is -2.38. The van der Waals surface area contributed by atoms with Crippen molar-refractivity contribution in [3.63, 3.8) is 0 Å². The summed E-state index contributed by atoms with van der Waals surface area (Å²) in [4.78, 5) is 0. The first-order chi connectivity index (χ1) is 9.25. The Morgan fingerprint density at radius 2 is 2.00 bits per heavy atom. The van der Waals surface area contributed by atoms with Crippen LogP contribution in [0, 0.1) is 5.41 Å². The summed E-state index contributed by atoms with van der Waals surface area (Å²) >= 11 is 0. The van der Waals surface area contributed by atoms with Crippen molar-refractivity contribution in [2.75, 3.05) is 6.54 Å². The highest BCUT2D eigenvalue weighted by Crippen LogP contribution is 2.39. The van der Waals surface area contributed by atoms with Crippen LogP contribution in [-0.2, 0) is 6.54 Å². The number of hydrogen-bond donors (Lipinski definition) is 1. The van der Waals surface area contributed by atoms with Gasteiger partial charge in [0.25, 0.3) is 0 Å². The summed E-state index contributed by atoms with van der Waals surface area (Å²) in [5.74, 6) is 0. The average Bonchev–Trinajstić information content (AvgIpc) is 2.87. The van der Waals surface area contributed by atoms with E-state index < -0.39 is 0 Å². The molecule has 1 aliphatic carbocycles. The minimum absolute atomic E-state index is 0.530. The zero-order chi connectivity index (χ0) is 13.1. The van der Waals surface area contributed by atoms with E-state index in [4.69, 9.17) is 0 Å². The average molecular weight is 255 g/mol. The number of nitrogens with zero attached hydrogens (tertiary/aromatic N) is 2. The van der Waals surface area contributed by atoms with Crippen molar-refractivity contribution in [2.45, 2.75) is 32.7 Å². The first kappa shape index (κ1) is 12.4. The van der Waals surface area contributed by atoms with Crippen LogP contribution in [0.2, 0.25) is 0 Å². The second-order valence-corrected chi connectivity index (χ2v) is 5.85. The highest BCUT2D eigenvalue weighted by atomic mass is 15.3. The summed E-state index contributed by atoms with van der Waals surface area (Å²) in [6, 6.07) is 12.3. The van der Waals surface area contributed by atoms with E-state index in [0.717, 1.165) is 24.5 Å². The van der Waals surface area contributed by atoms with Crippen molar-refractivity contribution in [3.8, 4) is 5.69 Å². The van der Waals surface area contributed by atoms with Gasteiger partial charge in [-0.15, -0.1) is 0 Å². The largest absolute Gasteiger partial charge is 0.311 e. The molecule has 1 aromatic carbocycles. The van der Waals surface area contributed by atoms with Crippen LogP contribution >= 0.6 is 0 Å². The molecule has 0 radical (unpaired) electrons. The molecule has 1 aromatic heterocycles. The maximum atomic E-state index is 4.60. The van der Waals surface area contributed by atoms with Crippen LogP contribution in [0.15, 0.2) is 42.6 Å². The molecule has 0 aliphatic heterocycles.